The molecule has 25 heavy (non-hydrogen) atoms. The molecule has 1 saturated heterocycles. The summed E-state index contributed by atoms with van der Waals surface area (Å²) < 4.78 is 0. The van der Waals surface area contributed by atoms with Gasteiger partial charge in [0, 0.05) is 4.88 Å². The van der Waals surface area contributed by atoms with Crippen molar-refractivity contribution >= 4 is 51.1 Å². The second kappa shape index (κ2) is 6.50. The molecule has 0 radical (unpaired) electrons. The maximum absolute atomic E-state index is 12.6. The maximum Gasteiger partial charge on any atom is 0.293 e. The van der Waals surface area contributed by atoms with Crippen LogP contribution in [0.25, 0.3) is 16.8 Å². The highest BCUT2D eigenvalue weighted by molar-refractivity contribution is 8.18. The van der Waals surface area contributed by atoms with E-state index in [1.54, 1.807) is 11.3 Å². The van der Waals surface area contributed by atoms with E-state index >= 15 is 0 Å². The summed E-state index contributed by atoms with van der Waals surface area (Å²) in [6, 6.07) is 16.1. The van der Waals surface area contributed by atoms with Crippen LogP contribution in [0.5, 0.6) is 0 Å². The van der Waals surface area contributed by atoms with Crippen LogP contribution in [-0.4, -0.2) is 16.0 Å². The molecule has 1 fully saturated rings. The highest BCUT2D eigenvalue weighted by atomic mass is 32.2. The number of carbonyl (C=O) groups is 2. The third-order valence-corrected chi connectivity index (χ3v) is 6.07. The number of fused-ring (bicyclic) bond motifs is 1. The van der Waals surface area contributed by atoms with Crippen LogP contribution in [0.4, 0.5) is 4.79 Å². The first-order valence-electron chi connectivity index (χ1n) is 7.89. The lowest BCUT2D eigenvalue weighted by Crippen LogP contribution is -2.27. The van der Waals surface area contributed by atoms with Gasteiger partial charge in [0.2, 0.25) is 0 Å². The number of nitrogens with zero attached hydrogens (tertiary/aromatic N) is 1. The lowest BCUT2D eigenvalue weighted by atomic mass is 10.1. The first-order chi connectivity index (χ1) is 12.1. The molecule has 2 aromatic carbocycles. The average Bonchev–Trinajstić information content (AvgIpc) is 3.13. The number of thiophene rings is 1. The minimum atomic E-state index is -0.212. The molecule has 0 spiro atoms. The van der Waals surface area contributed by atoms with E-state index in [1.807, 2.05) is 66.9 Å². The summed E-state index contributed by atoms with van der Waals surface area (Å²) >= 11 is 2.59. The first-order valence-corrected chi connectivity index (χ1v) is 9.58. The molecule has 0 atom stereocenters. The average molecular weight is 365 g/mol. The second-order valence-electron chi connectivity index (χ2n) is 5.92. The fraction of sp³-hybridized carbons (Fsp3) is 0.100. The van der Waals surface area contributed by atoms with Crippen LogP contribution in [0.3, 0.4) is 0 Å². The van der Waals surface area contributed by atoms with Gasteiger partial charge in [-0.2, -0.15) is 0 Å². The summed E-state index contributed by atoms with van der Waals surface area (Å²) in [5.41, 5.74) is 2.07. The fourth-order valence-electron chi connectivity index (χ4n) is 2.81. The fourth-order valence-corrected chi connectivity index (χ4v) is 4.56. The Balaban J connectivity index is 1.60. The molecule has 0 unspecified atom stereocenters. The summed E-state index contributed by atoms with van der Waals surface area (Å²) in [5, 5.41) is 4.03. The zero-order valence-corrected chi connectivity index (χ0v) is 15.2. The number of amides is 2. The van der Waals surface area contributed by atoms with Crippen molar-refractivity contribution in [2.75, 3.05) is 0 Å². The zero-order chi connectivity index (χ0) is 17.4. The molecule has 1 aliphatic heterocycles. The zero-order valence-electron chi connectivity index (χ0n) is 13.6. The van der Waals surface area contributed by atoms with Crippen LogP contribution in [0.2, 0.25) is 0 Å². The molecular weight excluding hydrogens is 350 g/mol. The number of rotatable bonds is 3. The van der Waals surface area contributed by atoms with Crippen molar-refractivity contribution in [2.24, 2.45) is 0 Å². The van der Waals surface area contributed by atoms with Crippen molar-refractivity contribution in [3.8, 4) is 0 Å². The van der Waals surface area contributed by atoms with Gasteiger partial charge in [0.25, 0.3) is 11.1 Å². The van der Waals surface area contributed by atoms with Gasteiger partial charge < -0.3 is 0 Å². The Labute approximate surface area is 154 Å². The van der Waals surface area contributed by atoms with Crippen LogP contribution >= 0.6 is 23.1 Å². The van der Waals surface area contributed by atoms with Crippen molar-refractivity contribution in [3.05, 3.63) is 74.8 Å². The standard InChI is InChI=1S/C20H15NO2S2/c1-13-8-9-24-17(13)11-18-19(22)21(20(23)25-18)12-14-6-7-15-4-2-3-5-16(15)10-14/h2-11H,12H2,1H3/b18-11-. The van der Waals surface area contributed by atoms with Gasteiger partial charge in [-0.05, 0) is 64.2 Å². The van der Waals surface area contributed by atoms with Gasteiger partial charge in [-0.3, -0.25) is 14.5 Å². The first kappa shape index (κ1) is 16.1. The molecule has 1 aliphatic rings. The monoisotopic (exact) mass is 365 g/mol. The van der Waals surface area contributed by atoms with Crippen LogP contribution in [-0.2, 0) is 11.3 Å². The highest BCUT2D eigenvalue weighted by Crippen LogP contribution is 2.34. The van der Waals surface area contributed by atoms with Crippen LogP contribution in [0.15, 0.2) is 58.8 Å². The van der Waals surface area contributed by atoms with E-state index in [-0.39, 0.29) is 11.1 Å². The van der Waals surface area contributed by atoms with Gasteiger partial charge >= 0.3 is 0 Å². The highest BCUT2D eigenvalue weighted by Gasteiger charge is 2.35. The van der Waals surface area contributed by atoms with E-state index in [0.717, 1.165) is 38.5 Å². The van der Waals surface area contributed by atoms with E-state index in [9.17, 15) is 9.59 Å². The van der Waals surface area contributed by atoms with Gasteiger partial charge in [0.05, 0.1) is 11.4 Å². The molecule has 0 bridgehead atoms. The summed E-state index contributed by atoms with van der Waals surface area (Å²) in [6.07, 6.45) is 1.82. The van der Waals surface area contributed by atoms with Crippen LogP contribution < -0.4 is 0 Å². The van der Waals surface area contributed by atoms with Crippen LogP contribution in [0, 0.1) is 6.92 Å². The molecule has 2 amide bonds. The van der Waals surface area contributed by atoms with Gasteiger partial charge in [-0.25, -0.2) is 0 Å². The number of carbonyl (C=O) groups excluding carboxylic acids is 2. The van der Waals surface area contributed by atoms with E-state index in [2.05, 4.69) is 0 Å². The summed E-state index contributed by atoms with van der Waals surface area (Å²) in [6.45, 7) is 2.30. The SMILES string of the molecule is Cc1ccsc1/C=C1\SC(=O)N(Cc2ccc3ccccc3c2)C1=O. The molecule has 0 N–H and O–H groups in total. The Bertz CT molecular complexity index is 1020. The molecule has 2 heterocycles. The minimum absolute atomic E-state index is 0.210. The van der Waals surface area contributed by atoms with Gasteiger partial charge in [-0.15, -0.1) is 11.3 Å². The van der Waals surface area contributed by atoms with Crippen molar-refractivity contribution in [1.82, 2.24) is 4.90 Å². The van der Waals surface area contributed by atoms with E-state index in [4.69, 9.17) is 0 Å². The molecule has 0 aliphatic carbocycles. The normalized spacial score (nSPS) is 16.4. The third kappa shape index (κ3) is 3.13. The Hall–Kier alpha value is -2.37. The van der Waals surface area contributed by atoms with Crippen molar-refractivity contribution in [1.29, 1.82) is 0 Å². The third-order valence-electron chi connectivity index (χ3n) is 4.19. The van der Waals surface area contributed by atoms with Gasteiger partial charge in [-0.1, -0.05) is 36.4 Å². The lowest BCUT2D eigenvalue weighted by molar-refractivity contribution is -0.123. The van der Waals surface area contributed by atoms with E-state index in [1.165, 1.54) is 4.90 Å². The summed E-state index contributed by atoms with van der Waals surface area (Å²) in [7, 11) is 0. The number of hydrogen-bond acceptors (Lipinski definition) is 4. The number of thioether (sulfide) groups is 1. The van der Waals surface area contributed by atoms with E-state index < -0.39 is 0 Å². The largest absolute Gasteiger partial charge is 0.293 e. The Morgan fingerprint density at radius 3 is 2.60 bits per heavy atom. The van der Waals surface area contributed by atoms with Crippen molar-refractivity contribution in [3.63, 3.8) is 0 Å². The summed E-state index contributed by atoms with van der Waals surface area (Å²) in [4.78, 5) is 27.8. The van der Waals surface area contributed by atoms with Crippen LogP contribution in [0.1, 0.15) is 16.0 Å². The van der Waals surface area contributed by atoms with Gasteiger partial charge in [0.1, 0.15) is 0 Å². The second-order valence-corrected chi connectivity index (χ2v) is 7.86. The van der Waals surface area contributed by atoms with E-state index in [0.29, 0.717) is 11.4 Å². The van der Waals surface area contributed by atoms with Crippen molar-refractivity contribution < 1.29 is 9.59 Å². The molecule has 5 heteroatoms. The molecule has 0 saturated carbocycles. The maximum atomic E-state index is 12.6. The minimum Gasteiger partial charge on any atom is -0.268 e. The van der Waals surface area contributed by atoms with Crippen molar-refractivity contribution in [2.45, 2.75) is 13.5 Å². The Morgan fingerprint density at radius 2 is 1.84 bits per heavy atom. The summed E-state index contributed by atoms with van der Waals surface area (Å²) in [5.74, 6) is -0.212. The number of imide groups is 1. The smallest absolute Gasteiger partial charge is 0.268 e. The lowest BCUT2D eigenvalue weighted by Gasteiger charge is -2.13. The molecule has 4 rings (SSSR count). The predicted octanol–water partition coefficient (Wildman–Crippen LogP) is 5.45. The Morgan fingerprint density at radius 1 is 1.04 bits per heavy atom. The number of hydrogen-bond donors (Lipinski definition) is 0. The molecule has 3 aromatic rings. The molecular formula is C20H15NO2S2. The molecule has 1 aromatic heterocycles. The molecule has 124 valence electrons. The Kier molecular flexibility index (Phi) is 4.19. The number of aryl methyl sites for hydroxylation is 1. The predicted molar refractivity (Wildman–Crippen MR) is 105 cm³/mol. The number of benzene rings is 2. The quantitative estimate of drug-likeness (QED) is 0.580. The molecule has 3 nitrogen and oxygen atoms in total. The topological polar surface area (TPSA) is 37.4 Å². The van der Waals surface area contributed by atoms with Gasteiger partial charge in [0.15, 0.2) is 0 Å².